The Morgan fingerprint density at radius 3 is 2.20 bits per heavy atom. The van der Waals surface area contributed by atoms with Crippen molar-refractivity contribution in [3.05, 3.63) is 6.92 Å². The molecular weight excluding hydrogens is 249 g/mol. The van der Waals surface area contributed by atoms with E-state index in [0.29, 0.717) is 0 Å². The third-order valence-corrected chi connectivity index (χ3v) is 1.13. The van der Waals surface area contributed by atoms with Crippen molar-refractivity contribution >= 4 is 0 Å². The van der Waals surface area contributed by atoms with Crippen molar-refractivity contribution in [3.8, 4) is 0 Å². The maximum absolute atomic E-state index is 5.13. The van der Waals surface area contributed by atoms with Gasteiger partial charge in [0.05, 0.1) is 13.2 Å². The van der Waals surface area contributed by atoms with Gasteiger partial charge in [-0.3, -0.25) is 0 Å². The molecule has 4 heteroatoms. The van der Waals surface area contributed by atoms with Crippen molar-refractivity contribution in [2.24, 2.45) is 0 Å². The Bertz CT molecular complexity index is 66.8. The maximum Gasteiger partial charge on any atom is 0.157 e. The van der Waals surface area contributed by atoms with Gasteiger partial charge in [-0.05, 0) is 12.8 Å². The van der Waals surface area contributed by atoms with Gasteiger partial charge in [-0.1, -0.05) is 6.92 Å². The van der Waals surface area contributed by atoms with Crippen LogP contribution in [0.15, 0.2) is 0 Å². The number of ether oxygens (including phenoxy) is 2. The van der Waals surface area contributed by atoms with E-state index in [1.807, 2.05) is 0 Å². The smallest absolute Gasteiger partial charge is 0.157 e. The zero-order chi connectivity index (χ0) is 5.82. The zero-order valence-electron chi connectivity index (χ0n) is 6.01. The van der Waals surface area contributed by atoms with Crippen LogP contribution in [-0.4, -0.2) is 19.5 Å². The normalized spacial score (nSPS) is 17.7. The van der Waals surface area contributed by atoms with Crippen LogP contribution in [-0.2, 0) is 29.0 Å². The fourth-order valence-electron chi connectivity index (χ4n) is 0.741. The molecule has 0 bridgehead atoms. The molecule has 1 saturated heterocycles. The summed E-state index contributed by atoms with van der Waals surface area (Å²) < 4.78 is 10.3. The van der Waals surface area contributed by atoms with E-state index in [4.69, 9.17) is 9.47 Å². The van der Waals surface area contributed by atoms with Crippen molar-refractivity contribution in [3.63, 3.8) is 0 Å². The quantitative estimate of drug-likeness (QED) is 0.534. The maximum atomic E-state index is 5.13. The van der Waals surface area contributed by atoms with Gasteiger partial charge in [0.25, 0.3) is 0 Å². The first-order chi connectivity index (χ1) is 3.93. The molecule has 10 heavy (non-hydrogen) atoms. The topological polar surface area (TPSA) is 18.5 Å². The van der Waals surface area contributed by atoms with Crippen LogP contribution in [0, 0.1) is 6.92 Å². The first kappa shape index (κ1) is 13.6. The third-order valence-electron chi connectivity index (χ3n) is 1.13. The molecule has 0 saturated carbocycles. The van der Waals surface area contributed by atoms with Crippen molar-refractivity contribution in [2.45, 2.75) is 19.1 Å². The van der Waals surface area contributed by atoms with E-state index in [1.54, 1.807) is 0 Å². The van der Waals surface area contributed by atoms with Crippen LogP contribution in [0.4, 0.5) is 0 Å². The largest absolute Gasteiger partial charge is 1.00 e. The van der Waals surface area contributed by atoms with E-state index >= 15 is 0 Å². The minimum absolute atomic E-state index is 0. The van der Waals surface area contributed by atoms with Gasteiger partial charge in [0.15, 0.2) is 6.29 Å². The van der Waals surface area contributed by atoms with E-state index < -0.39 is 0 Å². The molecule has 0 unspecified atom stereocenters. The molecule has 57 valence electrons. The zero-order valence-corrected chi connectivity index (χ0v) is 10.6. The fourth-order valence-corrected chi connectivity index (χ4v) is 0.741. The molecule has 0 aromatic carbocycles. The summed E-state index contributed by atoms with van der Waals surface area (Å²) >= 11 is 0. The van der Waals surface area contributed by atoms with E-state index in [-0.39, 0.29) is 42.7 Å². The van der Waals surface area contributed by atoms with Crippen LogP contribution >= 0.6 is 0 Å². The van der Waals surface area contributed by atoms with Crippen molar-refractivity contribution in [1.82, 2.24) is 0 Å². The Hall–Kier alpha value is 1.02. The molecule has 0 amide bonds. The summed E-state index contributed by atoms with van der Waals surface area (Å²) in [4.78, 5) is 0. The SMILES string of the molecule is [Br-].[CH2]CCC1OCCO1.[Zn]. The van der Waals surface area contributed by atoms with Crippen LogP contribution in [0.1, 0.15) is 12.8 Å². The molecule has 0 aliphatic carbocycles. The minimum atomic E-state index is 0. The Kier molecular flexibility index (Phi) is 11.0. The van der Waals surface area contributed by atoms with Crippen LogP contribution in [0.25, 0.3) is 0 Å². The van der Waals surface area contributed by atoms with Crippen LogP contribution < -0.4 is 17.0 Å². The molecular formula is C6H11BrO2Zn-. The number of hydrogen-bond donors (Lipinski definition) is 0. The van der Waals surface area contributed by atoms with Crippen molar-refractivity contribution in [2.75, 3.05) is 13.2 Å². The molecule has 1 radical (unpaired) electrons. The molecule has 0 aromatic rings. The van der Waals surface area contributed by atoms with Gasteiger partial charge >= 0.3 is 0 Å². The third kappa shape index (κ3) is 4.78. The summed E-state index contributed by atoms with van der Waals surface area (Å²) in [7, 11) is 0. The van der Waals surface area contributed by atoms with Gasteiger partial charge in [-0.15, -0.1) is 0 Å². The van der Waals surface area contributed by atoms with Gasteiger partial charge in [0, 0.05) is 19.5 Å². The van der Waals surface area contributed by atoms with E-state index in [9.17, 15) is 0 Å². The molecule has 1 aliphatic rings. The van der Waals surface area contributed by atoms with Gasteiger partial charge < -0.3 is 26.5 Å². The second-order valence-corrected chi connectivity index (χ2v) is 1.81. The molecule has 0 N–H and O–H groups in total. The minimum Gasteiger partial charge on any atom is -1.00 e. The summed E-state index contributed by atoms with van der Waals surface area (Å²) in [5.74, 6) is 0. The Morgan fingerprint density at radius 1 is 1.30 bits per heavy atom. The monoisotopic (exact) mass is 258 g/mol. The van der Waals surface area contributed by atoms with Gasteiger partial charge in [0.1, 0.15) is 0 Å². The molecule has 2 nitrogen and oxygen atoms in total. The van der Waals surface area contributed by atoms with E-state index in [0.717, 1.165) is 26.1 Å². The standard InChI is InChI=1S/C6H11O2.BrH.Zn/c1-2-3-6-7-4-5-8-6;;/h6H,1-5H2;1H;/p-1. The summed E-state index contributed by atoms with van der Waals surface area (Å²) in [6.07, 6.45) is 1.87. The van der Waals surface area contributed by atoms with Crippen molar-refractivity contribution < 1.29 is 45.9 Å². The summed E-state index contributed by atoms with van der Waals surface area (Å²) in [6.45, 7) is 5.20. The molecule has 1 aliphatic heterocycles. The predicted molar refractivity (Wildman–Crippen MR) is 30.3 cm³/mol. The molecule has 0 spiro atoms. The number of hydrogen-bond acceptors (Lipinski definition) is 2. The first-order valence-electron chi connectivity index (χ1n) is 2.96. The molecule has 1 heterocycles. The summed E-state index contributed by atoms with van der Waals surface area (Å²) in [5, 5.41) is 0. The van der Waals surface area contributed by atoms with E-state index in [2.05, 4.69) is 6.92 Å². The van der Waals surface area contributed by atoms with Gasteiger partial charge in [0.2, 0.25) is 0 Å². The van der Waals surface area contributed by atoms with Crippen LogP contribution in [0.5, 0.6) is 0 Å². The summed E-state index contributed by atoms with van der Waals surface area (Å²) in [5.41, 5.74) is 0. The Balaban J connectivity index is 0. The van der Waals surface area contributed by atoms with E-state index in [1.165, 1.54) is 0 Å². The summed E-state index contributed by atoms with van der Waals surface area (Å²) in [6, 6.07) is 0. The van der Waals surface area contributed by atoms with Gasteiger partial charge in [-0.2, -0.15) is 0 Å². The number of rotatable bonds is 2. The first-order valence-corrected chi connectivity index (χ1v) is 2.96. The average molecular weight is 260 g/mol. The molecule has 0 atom stereocenters. The van der Waals surface area contributed by atoms with Crippen LogP contribution in [0.3, 0.4) is 0 Å². The fraction of sp³-hybridized carbons (Fsp3) is 0.833. The van der Waals surface area contributed by atoms with Crippen LogP contribution in [0.2, 0.25) is 0 Å². The second-order valence-electron chi connectivity index (χ2n) is 1.81. The Labute approximate surface area is 85.2 Å². The Morgan fingerprint density at radius 2 is 1.80 bits per heavy atom. The molecule has 0 aromatic heterocycles. The van der Waals surface area contributed by atoms with Gasteiger partial charge in [-0.25, -0.2) is 0 Å². The molecule has 1 rings (SSSR count). The average Bonchev–Trinajstić information content (AvgIpc) is 2.19. The van der Waals surface area contributed by atoms with Crippen molar-refractivity contribution in [1.29, 1.82) is 0 Å². The predicted octanol–water partition coefficient (Wildman–Crippen LogP) is -2.02. The molecule has 1 fully saturated rings. The number of halogens is 1. The second kappa shape index (κ2) is 8.12.